The highest BCUT2D eigenvalue weighted by molar-refractivity contribution is 6.19. The summed E-state index contributed by atoms with van der Waals surface area (Å²) in [7, 11) is 1.75. The van der Waals surface area contributed by atoms with E-state index in [0.717, 1.165) is 24.2 Å². The van der Waals surface area contributed by atoms with Crippen molar-refractivity contribution in [1.82, 2.24) is 15.5 Å². The molecule has 4 rings (SSSR count). The van der Waals surface area contributed by atoms with Gasteiger partial charge in [-0.3, -0.25) is 9.59 Å². The molecule has 7 nitrogen and oxygen atoms in total. The maximum absolute atomic E-state index is 13.1. The van der Waals surface area contributed by atoms with Gasteiger partial charge >= 0.3 is 6.03 Å². The summed E-state index contributed by atoms with van der Waals surface area (Å²) in [5.74, 6) is -0.569. The molecule has 0 spiro atoms. The number of imide groups is 1. The number of hydrogen-bond donors (Lipinski definition) is 2. The number of anilines is 1. The smallest absolute Gasteiger partial charge is 0.329 e. The summed E-state index contributed by atoms with van der Waals surface area (Å²) in [6.07, 6.45) is 9.46. The molecule has 152 valence electrons. The number of carbonyl (C=O) groups is 3. The van der Waals surface area contributed by atoms with Crippen LogP contribution in [-0.2, 0) is 9.59 Å². The van der Waals surface area contributed by atoms with Gasteiger partial charge in [0.15, 0.2) is 0 Å². The third kappa shape index (κ3) is 3.77. The Balaban J connectivity index is 1.43. The van der Waals surface area contributed by atoms with Crippen LogP contribution >= 0.6 is 0 Å². The first-order valence-corrected chi connectivity index (χ1v) is 10.2. The Morgan fingerprint density at radius 1 is 1.21 bits per heavy atom. The minimum Gasteiger partial charge on any atom is -0.366 e. The largest absolute Gasteiger partial charge is 0.366 e. The van der Waals surface area contributed by atoms with Crippen molar-refractivity contribution in [2.75, 3.05) is 18.5 Å². The molecule has 2 unspecified atom stereocenters. The van der Waals surface area contributed by atoms with Crippen LogP contribution in [0.25, 0.3) is 0 Å². The van der Waals surface area contributed by atoms with Gasteiger partial charge in [-0.05, 0) is 44.2 Å². The normalized spacial score (nSPS) is 23.9. The van der Waals surface area contributed by atoms with E-state index in [1.165, 1.54) is 18.4 Å². The van der Waals surface area contributed by atoms with Crippen molar-refractivity contribution < 1.29 is 14.4 Å². The number of carbonyl (C=O) groups excluding carboxylic acids is 3. The van der Waals surface area contributed by atoms with Gasteiger partial charge in [-0.15, -0.1) is 0 Å². The predicted molar refractivity (Wildman–Crippen MR) is 110 cm³/mol. The van der Waals surface area contributed by atoms with Gasteiger partial charge in [-0.2, -0.15) is 0 Å². The monoisotopic (exact) mass is 394 g/mol. The molecule has 3 aliphatic rings. The van der Waals surface area contributed by atoms with E-state index in [1.54, 1.807) is 42.4 Å². The average Bonchev–Trinajstić information content (AvgIpc) is 3.06. The lowest BCUT2D eigenvalue weighted by atomic mass is 9.97. The summed E-state index contributed by atoms with van der Waals surface area (Å²) in [4.78, 5) is 41.3. The number of fused-ring (bicyclic) bond motifs is 1. The van der Waals surface area contributed by atoms with Crippen LogP contribution in [0.1, 0.15) is 32.1 Å². The molecule has 0 aromatic heterocycles. The van der Waals surface area contributed by atoms with Crippen molar-refractivity contribution in [3.05, 3.63) is 53.8 Å². The molecule has 2 aliphatic heterocycles. The van der Waals surface area contributed by atoms with E-state index in [4.69, 9.17) is 0 Å². The molecule has 29 heavy (non-hydrogen) atoms. The molecular weight excluding hydrogens is 368 g/mol. The number of hydrogen-bond acceptors (Lipinski definition) is 4. The average molecular weight is 394 g/mol. The summed E-state index contributed by atoms with van der Waals surface area (Å²) in [6, 6.07) is 7.03. The van der Waals surface area contributed by atoms with E-state index < -0.39 is 18.1 Å². The third-order valence-corrected chi connectivity index (χ3v) is 5.78. The van der Waals surface area contributed by atoms with Crippen LogP contribution in [0.3, 0.4) is 0 Å². The minimum absolute atomic E-state index is 0.234. The molecule has 4 amide bonds. The molecule has 0 radical (unpaired) electrons. The molecule has 1 saturated heterocycles. The quantitative estimate of drug-likeness (QED) is 0.751. The number of nitrogens with one attached hydrogen (secondary N) is 2. The Kier molecular flexibility index (Phi) is 5.38. The molecule has 2 N–H and O–H groups in total. The lowest BCUT2D eigenvalue weighted by molar-refractivity contribution is -0.122. The maximum atomic E-state index is 13.1. The van der Waals surface area contributed by atoms with Crippen molar-refractivity contribution in [2.45, 2.75) is 44.2 Å². The summed E-state index contributed by atoms with van der Waals surface area (Å²) in [5, 5.41) is 5.79. The molecule has 2 heterocycles. The summed E-state index contributed by atoms with van der Waals surface area (Å²) in [6.45, 7) is 0.557. The Labute approximate surface area is 170 Å². The second-order valence-corrected chi connectivity index (χ2v) is 7.75. The summed E-state index contributed by atoms with van der Waals surface area (Å²) < 4.78 is 0. The first kappa shape index (κ1) is 19.2. The number of benzene rings is 1. The fraction of sp³-hybridized carbons (Fsp3) is 0.409. The van der Waals surface area contributed by atoms with Crippen molar-refractivity contribution in [3.8, 4) is 0 Å². The molecule has 1 aromatic rings. The molecule has 1 aliphatic carbocycles. The number of allylic oxidation sites excluding steroid dienone is 1. The van der Waals surface area contributed by atoms with Crippen molar-refractivity contribution in [1.29, 1.82) is 0 Å². The first-order valence-electron chi connectivity index (χ1n) is 10.2. The topological polar surface area (TPSA) is 81.8 Å². The Morgan fingerprint density at radius 2 is 2.00 bits per heavy atom. The van der Waals surface area contributed by atoms with Gasteiger partial charge in [0, 0.05) is 19.8 Å². The van der Waals surface area contributed by atoms with Gasteiger partial charge in [-0.25, -0.2) is 9.69 Å². The van der Waals surface area contributed by atoms with Crippen LogP contribution in [0.15, 0.2) is 53.8 Å². The number of urea groups is 1. The van der Waals surface area contributed by atoms with Crippen LogP contribution in [0.2, 0.25) is 0 Å². The second-order valence-electron chi connectivity index (χ2n) is 7.75. The molecule has 0 saturated carbocycles. The standard InChI is InChI=1S/C22H26N4O3/c1-25-14-17(20(27)23-13-12-15-8-4-2-5-9-15)18-19(25)21(28)26(22(29)24-18)16-10-6-3-7-11-16/h3,6-8,10-11,14,18-19H,2,4-5,9,12-13H2,1H3,(H,23,27)(H,24,29). The molecule has 2 atom stereocenters. The van der Waals surface area contributed by atoms with Crippen LogP contribution < -0.4 is 15.5 Å². The van der Waals surface area contributed by atoms with Crippen molar-refractivity contribution in [3.63, 3.8) is 0 Å². The van der Waals surface area contributed by atoms with Crippen LogP contribution in [0, 0.1) is 0 Å². The molecule has 1 aromatic carbocycles. The zero-order chi connectivity index (χ0) is 20.4. The fourth-order valence-electron chi connectivity index (χ4n) is 4.28. The molecular formula is C22H26N4O3. The molecule has 1 fully saturated rings. The first-order chi connectivity index (χ1) is 14.1. The number of nitrogens with zero attached hydrogens (tertiary/aromatic N) is 2. The van der Waals surface area contributed by atoms with Crippen molar-refractivity contribution >= 4 is 23.5 Å². The molecule has 7 heteroatoms. The van der Waals surface area contributed by atoms with Gasteiger partial charge in [0.25, 0.3) is 11.8 Å². The van der Waals surface area contributed by atoms with E-state index >= 15 is 0 Å². The van der Waals surface area contributed by atoms with E-state index in [9.17, 15) is 14.4 Å². The van der Waals surface area contributed by atoms with E-state index in [1.807, 2.05) is 6.07 Å². The van der Waals surface area contributed by atoms with E-state index in [-0.39, 0.29) is 11.8 Å². The number of amides is 4. The number of rotatable bonds is 5. The lowest BCUT2D eigenvalue weighted by Crippen LogP contribution is -2.65. The zero-order valence-electron chi connectivity index (χ0n) is 16.6. The Bertz CT molecular complexity index is 877. The van der Waals surface area contributed by atoms with E-state index in [2.05, 4.69) is 16.7 Å². The SMILES string of the molecule is CN1C=C(C(=O)NCCC2=CCCCC2)C2NC(=O)N(c3ccccc3)C(=O)C21. The summed E-state index contributed by atoms with van der Waals surface area (Å²) in [5.41, 5.74) is 2.33. The molecule has 0 bridgehead atoms. The lowest BCUT2D eigenvalue weighted by Gasteiger charge is -2.37. The predicted octanol–water partition coefficient (Wildman–Crippen LogP) is 2.32. The number of likely N-dealkylation sites (N-methyl/N-ethyl adjacent to an activating group) is 1. The zero-order valence-corrected chi connectivity index (χ0v) is 16.6. The van der Waals surface area contributed by atoms with Gasteiger partial charge < -0.3 is 15.5 Å². The van der Waals surface area contributed by atoms with Crippen LogP contribution in [-0.4, -0.2) is 48.4 Å². The van der Waals surface area contributed by atoms with Crippen LogP contribution in [0.4, 0.5) is 10.5 Å². The second kappa shape index (κ2) is 8.11. The highest BCUT2D eigenvalue weighted by atomic mass is 16.2. The van der Waals surface area contributed by atoms with Gasteiger partial charge in [0.2, 0.25) is 0 Å². The Morgan fingerprint density at radius 3 is 2.72 bits per heavy atom. The van der Waals surface area contributed by atoms with Gasteiger partial charge in [0.1, 0.15) is 6.04 Å². The number of para-hydroxylation sites is 1. The third-order valence-electron chi connectivity index (χ3n) is 5.78. The van der Waals surface area contributed by atoms with Gasteiger partial charge in [-0.1, -0.05) is 29.8 Å². The fourth-order valence-corrected chi connectivity index (χ4v) is 4.28. The van der Waals surface area contributed by atoms with E-state index in [0.29, 0.717) is 17.8 Å². The Hall–Kier alpha value is -3.09. The van der Waals surface area contributed by atoms with Gasteiger partial charge in [0.05, 0.1) is 17.3 Å². The van der Waals surface area contributed by atoms with Crippen LogP contribution in [0.5, 0.6) is 0 Å². The maximum Gasteiger partial charge on any atom is 0.329 e. The highest BCUT2D eigenvalue weighted by Gasteiger charge is 2.49. The van der Waals surface area contributed by atoms with Crippen molar-refractivity contribution in [2.24, 2.45) is 0 Å². The highest BCUT2D eigenvalue weighted by Crippen LogP contribution is 2.29. The minimum atomic E-state index is -0.645. The summed E-state index contributed by atoms with van der Waals surface area (Å²) >= 11 is 0.